The maximum Gasteiger partial charge on any atom is 0.255 e. The summed E-state index contributed by atoms with van der Waals surface area (Å²) < 4.78 is 0. The number of pyridine rings is 1. The summed E-state index contributed by atoms with van der Waals surface area (Å²) in [6.45, 7) is 0.353. The summed E-state index contributed by atoms with van der Waals surface area (Å²) in [5.41, 5.74) is 10.7. The Morgan fingerprint density at radius 1 is 1.03 bits per heavy atom. The number of nitrogen functional groups attached to an aromatic ring is 1. The van der Waals surface area contributed by atoms with Crippen LogP contribution in [0.1, 0.15) is 28.8 Å². The minimum Gasteiger partial charge on any atom is -0.399 e. The number of amides is 3. The molecule has 2 aliphatic rings. The molecule has 29 heavy (non-hydrogen) atoms. The zero-order chi connectivity index (χ0) is 20.1. The molecule has 0 spiro atoms. The van der Waals surface area contributed by atoms with Gasteiger partial charge in [-0.1, -0.05) is 12.1 Å². The minimum atomic E-state index is -0.608. The van der Waals surface area contributed by atoms with Gasteiger partial charge in [-0.15, -0.1) is 0 Å². The van der Waals surface area contributed by atoms with E-state index in [9.17, 15) is 14.4 Å². The SMILES string of the molecule is Nc1ccc2cc(-c3ccc4c(c3)CN(C3CCC(=O)NC3=O)C4=O)cnc2c1. The molecular formula is C22H18N4O3. The molecule has 3 N–H and O–H groups in total. The Labute approximate surface area is 166 Å². The van der Waals surface area contributed by atoms with E-state index in [1.54, 1.807) is 17.2 Å². The van der Waals surface area contributed by atoms with Crippen molar-refractivity contribution in [2.45, 2.75) is 25.4 Å². The summed E-state index contributed by atoms with van der Waals surface area (Å²) in [5, 5.41) is 3.31. The van der Waals surface area contributed by atoms with Crippen molar-refractivity contribution in [1.82, 2.24) is 15.2 Å². The molecule has 0 bridgehead atoms. The van der Waals surface area contributed by atoms with Crippen LogP contribution in [0.25, 0.3) is 22.0 Å². The molecule has 3 heterocycles. The second-order valence-corrected chi connectivity index (χ2v) is 7.45. The molecule has 1 saturated heterocycles. The van der Waals surface area contributed by atoms with Gasteiger partial charge in [0.15, 0.2) is 0 Å². The quantitative estimate of drug-likeness (QED) is 0.519. The fourth-order valence-electron chi connectivity index (χ4n) is 4.05. The van der Waals surface area contributed by atoms with Crippen LogP contribution >= 0.6 is 0 Å². The number of nitrogens with zero attached hydrogens (tertiary/aromatic N) is 2. The van der Waals surface area contributed by atoms with E-state index in [1.165, 1.54) is 0 Å². The maximum atomic E-state index is 12.8. The summed E-state index contributed by atoms with van der Waals surface area (Å²) in [4.78, 5) is 42.4. The number of carbonyl (C=O) groups is 3. The minimum absolute atomic E-state index is 0.173. The molecule has 1 atom stereocenters. The molecule has 7 nitrogen and oxygen atoms in total. The Bertz CT molecular complexity index is 1200. The predicted molar refractivity (Wildman–Crippen MR) is 108 cm³/mol. The van der Waals surface area contributed by atoms with Gasteiger partial charge in [0, 0.05) is 41.4 Å². The molecule has 0 saturated carbocycles. The first kappa shape index (κ1) is 17.4. The highest BCUT2D eigenvalue weighted by atomic mass is 16.2. The Balaban J connectivity index is 1.46. The molecule has 2 aromatic carbocycles. The van der Waals surface area contributed by atoms with Gasteiger partial charge in [0.2, 0.25) is 11.8 Å². The monoisotopic (exact) mass is 386 g/mol. The van der Waals surface area contributed by atoms with E-state index in [-0.39, 0.29) is 18.2 Å². The first-order valence-electron chi connectivity index (χ1n) is 9.43. The predicted octanol–water partition coefficient (Wildman–Crippen LogP) is 2.25. The third kappa shape index (κ3) is 2.91. The number of fused-ring (bicyclic) bond motifs is 2. The van der Waals surface area contributed by atoms with Crippen LogP contribution in [0, 0.1) is 0 Å². The number of aromatic nitrogens is 1. The molecule has 1 aromatic heterocycles. The number of benzene rings is 2. The Morgan fingerprint density at radius 2 is 1.90 bits per heavy atom. The van der Waals surface area contributed by atoms with Gasteiger partial charge < -0.3 is 10.6 Å². The van der Waals surface area contributed by atoms with Gasteiger partial charge in [-0.3, -0.25) is 24.7 Å². The fourth-order valence-corrected chi connectivity index (χ4v) is 4.05. The van der Waals surface area contributed by atoms with Crippen molar-refractivity contribution >= 4 is 34.3 Å². The number of imide groups is 1. The maximum absolute atomic E-state index is 12.8. The highest BCUT2D eigenvalue weighted by molar-refractivity contribution is 6.05. The summed E-state index contributed by atoms with van der Waals surface area (Å²) in [5.74, 6) is -0.864. The highest BCUT2D eigenvalue weighted by Gasteiger charge is 2.39. The Morgan fingerprint density at radius 3 is 2.72 bits per heavy atom. The lowest BCUT2D eigenvalue weighted by atomic mass is 10.0. The molecule has 3 aromatic rings. The zero-order valence-electron chi connectivity index (χ0n) is 15.5. The van der Waals surface area contributed by atoms with E-state index < -0.39 is 11.9 Å². The van der Waals surface area contributed by atoms with E-state index in [2.05, 4.69) is 10.3 Å². The van der Waals surface area contributed by atoms with Crippen LogP contribution in [0.2, 0.25) is 0 Å². The van der Waals surface area contributed by atoms with Gasteiger partial charge in [-0.25, -0.2) is 0 Å². The van der Waals surface area contributed by atoms with Gasteiger partial charge in [0.25, 0.3) is 5.91 Å². The smallest absolute Gasteiger partial charge is 0.255 e. The molecule has 1 unspecified atom stereocenters. The third-order valence-corrected chi connectivity index (χ3v) is 5.57. The molecule has 1 fully saturated rings. The number of rotatable bonds is 2. The number of piperidine rings is 1. The summed E-state index contributed by atoms with van der Waals surface area (Å²) in [6, 6.07) is 12.7. The zero-order valence-corrected chi connectivity index (χ0v) is 15.5. The molecule has 144 valence electrons. The van der Waals surface area contributed by atoms with Crippen LogP contribution in [0.4, 0.5) is 5.69 Å². The van der Waals surface area contributed by atoms with E-state index in [0.717, 1.165) is 27.6 Å². The van der Waals surface area contributed by atoms with Crippen LogP contribution in [0.3, 0.4) is 0 Å². The van der Waals surface area contributed by atoms with Crippen molar-refractivity contribution in [1.29, 1.82) is 0 Å². The van der Waals surface area contributed by atoms with Crippen LogP contribution in [0.15, 0.2) is 48.7 Å². The number of anilines is 1. The number of hydrogen-bond acceptors (Lipinski definition) is 5. The summed E-state index contributed by atoms with van der Waals surface area (Å²) in [7, 11) is 0. The van der Waals surface area contributed by atoms with E-state index in [4.69, 9.17) is 5.73 Å². The van der Waals surface area contributed by atoms with E-state index in [1.807, 2.05) is 36.4 Å². The lowest BCUT2D eigenvalue weighted by Gasteiger charge is -2.29. The largest absolute Gasteiger partial charge is 0.399 e. The van der Waals surface area contributed by atoms with E-state index >= 15 is 0 Å². The molecule has 3 amide bonds. The third-order valence-electron chi connectivity index (χ3n) is 5.57. The van der Waals surface area contributed by atoms with Gasteiger partial charge in [-0.2, -0.15) is 0 Å². The Kier molecular flexibility index (Phi) is 3.84. The summed E-state index contributed by atoms with van der Waals surface area (Å²) >= 11 is 0. The number of hydrogen-bond donors (Lipinski definition) is 2. The highest BCUT2D eigenvalue weighted by Crippen LogP contribution is 2.32. The van der Waals surface area contributed by atoms with Crippen LogP contribution in [-0.2, 0) is 16.1 Å². The fraction of sp³-hybridized carbons (Fsp3) is 0.182. The van der Waals surface area contributed by atoms with Crippen LogP contribution in [0.5, 0.6) is 0 Å². The molecule has 7 heteroatoms. The average molecular weight is 386 g/mol. The van der Waals surface area contributed by atoms with Crippen molar-refractivity contribution < 1.29 is 14.4 Å². The van der Waals surface area contributed by atoms with Crippen molar-refractivity contribution in [2.24, 2.45) is 0 Å². The topological polar surface area (TPSA) is 105 Å². The normalized spacial score (nSPS) is 18.8. The van der Waals surface area contributed by atoms with Crippen molar-refractivity contribution in [3.05, 3.63) is 59.8 Å². The molecule has 0 aliphatic carbocycles. The average Bonchev–Trinajstić information content (AvgIpc) is 3.03. The first-order chi connectivity index (χ1) is 14.0. The van der Waals surface area contributed by atoms with Crippen LogP contribution < -0.4 is 11.1 Å². The van der Waals surface area contributed by atoms with E-state index in [0.29, 0.717) is 24.2 Å². The molecular weight excluding hydrogens is 368 g/mol. The van der Waals surface area contributed by atoms with Gasteiger partial charge >= 0.3 is 0 Å². The Hall–Kier alpha value is -3.74. The van der Waals surface area contributed by atoms with Gasteiger partial charge in [-0.05, 0) is 47.9 Å². The molecule has 0 radical (unpaired) electrons. The number of nitrogens with one attached hydrogen (secondary N) is 1. The van der Waals surface area contributed by atoms with Gasteiger partial charge in [0.1, 0.15) is 6.04 Å². The van der Waals surface area contributed by atoms with Gasteiger partial charge in [0.05, 0.1) is 5.52 Å². The van der Waals surface area contributed by atoms with Crippen molar-refractivity contribution in [3.63, 3.8) is 0 Å². The van der Waals surface area contributed by atoms with Crippen molar-refractivity contribution in [2.75, 3.05) is 5.73 Å². The number of carbonyl (C=O) groups excluding carboxylic acids is 3. The lowest BCUT2D eigenvalue weighted by Crippen LogP contribution is -2.52. The second kappa shape index (κ2) is 6.41. The van der Waals surface area contributed by atoms with Crippen molar-refractivity contribution in [3.8, 4) is 11.1 Å². The lowest BCUT2D eigenvalue weighted by molar-refractivity contribution is -0.136. The molecule has 5 rings (SSSR count). The standard InChI is InChI=1S/C22H18N4O3/c23-16-3-1-13-8-14(10-24-18(13)9-16)12-2-4-17-15(7-12)11-26(22(17)29)19-5-6-20(27)25-21(19)28/h1-4,7-10,19H,5-6,11,23H2,(H,25,27,28). The molecule has 2 aliphatic heterocycles. The number of nitrogens with two attached hydrogens (primary N) is 1. The van der Waals surface area contributed by atoms with Crippen LogP contribution in [-0.4, -0.2) is 33.6 Å². The second-order valence-electron chi connectivity index (χ2n) is 7.45. The summed E-state index contributed by atoms with van der Waals surface area (Å²) in [6.07, 6.45) is 2.39. The first-order valence-corrected chi connectivity index (χ1v) is 9.43.